The third kappa shape index (κ3) is 8.82. The van der Waals surface area contributed by atoms with Crippen molar-refractivity contribution >= 4 is 5.91 Å². The maximum absolute atomic E-state index is 11.0. The maximum atomic E-state index is 11.0. The molecule has 1 N–H and O–H groups in total. The van der Waals surface area contributed by atoms with Gasteiger partial charge < -0.3 is 10.2 Å². The summed E-state index contributed by atoms with van der Waals surface area (Å²) in [6.07, 6.45) is 5.66. The van der Waals surface area contributed by atoms with Gasteiger partial charge in [-0.05, 0) is 27.1 Å². The van der Waals surface area contributed by atoms with Gasteiger partial charge >= 0.3 is 0 Å². The summed E-state index contributed by atoms with van der Waals surface area (Å²) in [7, 11) is 4.03. The third-order valence-corrected chi connectivity index (χ3v) is 1.47. The van der Waals surface area contributed by atoms with Crippen LogP contribution in [-0.2, 0) is 4.79 Å². The minimum absolute atomic E-state index is 0.0568. The minimum atomic E-state index is -0.0568. The van der Waals surface area contributed by atoms with E-state index in [0.29, 0.717) is 0 Å². The Morgan fingerprint density at radius 2 is 2.23 bits per heavy atom. The zero-order valence-electron chi connectivity index (χ0n) is 8.42. The maximum Gasteiger partial charge on any atom is 0.243 e. The second-order valence-electron chi connectivity index (χ2n) is 3.04. The van der Waals surface area contributed by atoms with E-state index in [9.17, 15) is 4.79 Å². The fraction of sp³-hybridized carbons (Fsp3) is 0.500. The molecule has 0 radical (unpaired) electrons. The molecule has 0 atom stereocenters. The van der Waals surface area contributed by atoms with Crippen LogP contribution in [0.5, 0.6) is 0 Å². The first-order chi connectivity index (χ1) is 6.16. The average Bonchev–Trinajstić information content (AvgIpc) is 2.08. The lowest BCUT2D eigenvalue weighted by Crippen LogP contribution is -2.25. The van der Waals surface area contributed by atoms with Crippen LogP contribution in [-0.4, -0.2) is 38.0 Å². The number of amides is 1. The highest BCUT2D eigenvalue weighted by atomic mass is 16.1. The van der Waals surface area contributed by atoms with Crippen molar-refractivity contribution in [3.63, 3.8) is 0 Å². The van der Waals surface area contributed by atoms with E-state index in [2.05, 4.69) is 16.8 Å². The third-order valence-electron chi connectivity index (χ3n) is 1.47. The molecular formula is C10H18N2O. The number of carbonyl (C=O) groups is 1. The Hall–Kier alpha value is -1.09. The van der Waals surface area contributed by atoms with Gasteiger partial charge in [-0.25, -0.2) is 0 Å². The summed E-state index contributed by atoms with van der Waals surface area (Å²) >= 11 is 0. The van der Waals surface area contributed by atoms with Crippen molar-refractivity contribution in [1.29, 1.82) is 0 Å². The van der Waals surface area contributed by atoms with Gasteiger partial charge in [-0.1, -0.05) is 18.7 Å². The molecule has 0 aliphatic rings. The zero-order valence-corrected chi connectivity index (χ0v) is 8.42. The van der Waals surface area contributed by atoms with Gasteiger partial charge in [0.1, 0.15) is 0 Å². The lowest BCUT2D eigenvalue weighted by Gasteiger charge is -2.08. The Kier molecular flexibility index (Phi) is 6.92. The molecule has 1 amide bonds. The number of nitrogens with one attached hydrogen (secondary N) is 1. The summed E-state index contributed by atoms with van der Waals surface area (Å²) in [6.45, 7) is 5.19. The second-order valence-corrected chi connectivity index (χ2v) is 3.04. The summed E-state index contributed by atoms with van der Waals surface area (Å²) in [4.78, 5) is 13.1. The quantitative estimate of drug-likeness (QED) is 0.374. The molecule has 0 saturated carbocycles. The van der Waals surface area contributed by atoms with Gasteiger partial charge in [0.05, 0.1) is 0 Å². The molecule has 3 heteroatoms. The van der Waals surface area contributed by atoms with Crippen LogP contribution < -0.4 is 5.32 Å². The van der Waals surface area contributed by atoms with Gasteiger partial charge in [-0.15, -0.1) is 0 Å². The van der Waals surface area contributed by atoms with Gasteiger partial charge in [0, 0.05) is 12.6 Å². The largest absolute Gasteiger partial charge is 0.353 e. The van der Waals surface area contributed by atoms with Crippen molar-refractivity contribution in [3.8, 4) is 0 Å². The van der Waals surface area contributed by atoms with E-state index < -0.39 is 0 Å². The first-order valence-corrected chi connectivity index (χ1v) is 4.38. The molecule has 0 rings (SSSR count). The number of hydrogen-bond donors (Lipinski definition) is 1. The predicted molar refractivity (Wildman–Crippen MR) is 55.5 cm³/mol. The van der Waals surface area contributed by atoms with Crippen LogP contribution in [0.1, 0.15) is 6.42 Å². The van der Waals surface area contributed by atoms with E-state index in [0.717, 1.165) is 19.5 Å². The Labute approximate surface area is 80.1 Å². The average molecular weight is 182 g/mol. The fourth-order valence-electron chi connectivity index (χ4n) is 0.821. The summed E-state index contributed by atoms with van der Waals surface area (Å²) in [5, 5.41) is 2.77. The number of hydrogen-bond acceptors (Lipinski definition) is 2. The molecule has 74 valence electrons. The number of carbonyl (C=O) groups excluding carboxylic acids is 1. The first kappa shape index (κ1) is 11.9. The standard InChI is InChI=1S/C10H18N2O/c1-4-5-7-10(13)11-8-6-9-12(2)3/h4-5,7H,1,6,8-9H2,2-3H3,(H,11,13)/b7-5+. The van der Waals surface area contributed by atoms with Crippen LogP contribution in [0.2, 0.25) is 0 Å². The molecule has 3 nitrogen and oxygen atoms in total. The van der Waals surface area contributed by atoms with Gasteiger partial charge in [-0.2, -0.15) is 0 Å². The fourth-order valence-corrected chi connectivity index (χ4v) is 0.821. The van der Waals surface area contributed by atoms with Crippen molar-refractivity contribution in [1.82, 2.24) is 10.2 Å². The summed E-state index contributed by atoms with van der Waals surface area (Å²) in [6, 6.07) is 0. The normalized spacial score (nSPS) is 10.7. The molecule has 0 aliphatic carbocycles. The Morgan fingerprint density at radius 3 is 2.77 bits per heavy atom. The Bertz CT molecular complexity index is 185. The molecule has 0 fully saturated rings. The first-order valence-electron chi connectivity index (χ1n) is 4.38. The second kappa shape index (κ2) is 7.55. The van der Waals surface area contributed by atoms with Crippen molar-refractivity contribution in [2.75, 3.05) is 27.2 Å². The lowest BCUT2D eigenvalue weighted by molar-refractivity contribution is -0.116. The zero-order chi connectivity index (χ0) is 10.1. The Balaban J connectivity index is 3.37. The molecule has 0 bridgehead atoms. The SMILES string of the molecule is C=C/C=C/C(=O)NCCCN(C)C. The molecule has 0 heterocycles. The van der Waals surface area contributed by atoms with E-state index in [1.807, 2.05) is 14.1 Å². The van der Waals surface area contributed by atoms with Gasteiger partial charge in [0.25, 0.3) is 0 Å². The van der Waals surface area contributed by atoms with E-state index in [4.69, 9.17) is 0 Å². The van der Waals surface area contributed by atoms with E-state index in [1.165, 1.54) is 6.08 Å². The molecule has 0 aromatic rings. The highest BCUT2D eigenvalue weighted by molar-refractivity contribution is 5.87. The van der Waals surface area contributed by atoms with Crippen LogP contribution in [0, 0.1) is 0 Å². The van der Waals surface area contributed by atoms with Crippen LogP contribution in [0.4, 0.5) is 0 Å². The van der Waals surface area contributed by atoms with Gasteiger partial charge in [0.2, 0.25) is 5.91 Å². The summed E-state index contributed by atoms with van der Waals surface area (Å²) in [5.74, 6) is -0.0568. The van der Waals surface area contributed by atoms with Gasteiger partial charge in [-0.3, -0.25) is 4.79 Å². The van der Waals surface area contributed by atoms with Crippen LogP contribution in [0.25, 0.3) is 0 Å². The Morgan fingerprint density at radius 1 is 1.54 bits per heavy atom. The molecule has 0 unspecified atom stereocenters. The predicted octanol–water partition coefficient (Wildman–Crippen LogP) is 0.796. The van der Waals surface area contributed by atoms with E-state index >= 15 is 0 Å². The molecule has 0 saturated heterocycles. The highest BCUT2D eigenvalue weighted by Crippen LogP contribution is 1.81. The molecule has 0 aromatic carbocycles. The summed E-state index contributed by atoms with van der Waals surface area (Å²) < 4.78 is 0. The van der Waals surface area contributed by atoms with Crippen molar-refractivity contribution in [3.05, 3.63) is 24.8 Å². The lowest BCUT2D eigenvalue weighted by atomic mass is 10.4. The molecule has 0 aliphatic heterocycles. The van der Waals surface area contributed by atoms with Crippen molar-refractivity contribution in [2.45, 2.75) is 6.42 Å². The molecular weight excluding hydrogens is 164 g/mol. The van der Waals surface area contributed by atoms with Crippen molar-refractivity contribution in [2.24, 2.45) is 0 Å². The number of rotatable bonds is 6. The molecule has 13 heavy (non-hydrogen) atoms. The minimum Gasteiger partial charge on any atom is -0.353 e. The van der Waals surface area contributed by atoms with Crippen LogP contribution in [0.3, 0.4) is 0 Å². The smallest absolute Gasteiger partial charge is 0.243 e. The number of allylic oxidation sites excluding steroid dienone is 2. The van der Waals surface area contributed by atoms with Gasteiger partial charge in [0.15, 0.2) is 0 Å². The topological polar surface area (TPSA) is 32.3 Å². The highest BCUT2D eigenvalue weighted by Gasteiger charge is 1.93. The van der Waals surface area contributed by atoms with Crippen molar-refractivity contribution < 1.29 is 4.79 Å². The van der Waals surface area contributed by atoms with Crippen LogP contribution in [0.15, 0.2) is 24.8 Å². The summed E-state index contributed by atoms with van der Waals surface area (Å²) in [5.41, 5.74) is 0. The van der Waals surface area contributed by atoms with E-state index in [1.54, 1.807) is 12.2 Å². The number of nitrogens with zero attached hydrogens (tertiary/aromatic N) is 1. The van der Waals surface area contributed by atoms with E-state index in [-0.39, 0.29) is 5.91 Å². The van der Waals surface area contributed by atoms with Crippen LogP contribution >= 0.6 is 0 Å². The monoisotopic (exact) mass is 182 g/mol. The molecule has 0 spiro atoms. The molecule has 0 aromatic heterocycles.